The molecule has 0 aromatic heterocycles. The Morgan fingerprint density at radius 2 is 1.88 bits per heavy atom. The summed E-state index contributed by atoms with van der Waals surface area (Å²) < 4.78 is 13.0. The lowest BCUT2D eigenvalue weighted by Crippen LogP contribution is -2.39. The van der Waals surface area contributed by atoms with E-state index >= 15 is 0 Å². The van der Waals surface area contributed by atoms with Crippen LogP contribution in [0.2, 0.25) is 0 Å². The van der Waals surface area contributed by atoms with Crippen LogP contribution in [-0.2, 0) is 11.3 Å². The fraction of sp³-hybridized carbons (Fsp3) is 0.588. The maximum Gasteiger partial charge on any atom is 0.227 e. The average molecular weight is 378 g/mol. The van der Waals surface area contributed by atoms with Gasteiger partial charge in [-0.2, -0.15) is 0 Å². The Morgan fingerprint density at radius 1 is 1.12 bits per heavy atom. The first-order valence-corrected chi connectivity index (χ1v) is 8.19. The maximum absolute atomic E-state index is 13.0. The van der Waals surface area contributed by atoms with Gasteiger partial charge in [-0.25, -0.2) is 4.39 Å². The summed E-state index contributed by atoms with van der Waals surface area (Å²) in [7, 11) is 0. The van der Waals surface area contributed by atoms with Crippen molar-refractivity contribution in [1.29, 1.82) is 0 Å². The molecule has 2 aliphatic heterocycles. The van der Waals surface area contributed by atoms with Crippen LogP contribution < -0.4 is 5.32 Å². The third-order valence-corrected chi connectivity index (χ3v) is 4.63. The van der Waals surface area contributed by atoms with Crippen LogP contribution >= 0.6 is 24.8 Å². The lowest BCUT2D eigenvalue weighted by atomic mass is 10.1. The van der Waals surface area contributed by atoms with Crippen molar-refractivity contribution in [1.82, 2.24) is 15.1 Å². The summed E-state index contributed by atoms with van der Waals surface area (Å²) in [5.41, 5.74) is 1.13. The van der Waals surface area contributed by atoms with E-state index in [9.17, 15) is 9.18 Å². The Morgan fingerprint density at radius 3 is 2.54 bits per heavy atom. The Kier molecular flexibility index (Phi) is 8.98. The molecule has 2 heterocycles. The molecule has 24 heavy (non-hydrogen) atoms. The van der Waals surface area contributed by atoms with Crippen LogP contribution in [0.3, 0.4) is 0 Å². The highest BCUT2D eigenvalue weighted by Crippen LogP contribution is 2.15. The predicted molar refractivity (Wildman–Crippen MR) is 98.3 cm³/mol. The highest BCUT2D eigenvalue weighted by molar-refractivity contribution is 5.85. The van der Waals surface area contributed by atoms with Gasteiger partial charge in [0.25, 0.3) is 0 Å². The topological polar surface area (TPSA) is 35.6 Å². The second-order valence-corrected chi connectivity index (χ2v) is 6.27. The number of nitrogens with zero attached hydrogens (tertiary/aromatic N) is 2. The number of nitrogens with one attached hydrogen (secondary N) is 1. The summed E-state index contributed by atoms with van der Waals surface area (Å²) in [5.74, 6) is 0.291. The molecule has 3 rings (SSSR count). The molecule has 4 nitrogen and oxygen atoms in total. The molecule has 1 unspecified atom stereocenters. The van der Waals surface area contributed by atoms with Gasteiger partial charge < -0.3 is 10.2 Å². The van der Waals surface area contributed by atoms with Gasteiger partial charge in [-0.3, -0.25) is 9.69 Å². The first-order valence-electron chi connectivity index (χ1n) is 8.19. The molecular weight excluding hydrogens is 352 g/mol. The molecule has 1 atom stereocenters. The zero-order valence-electron chi connectivity index (χ0n) is 13.7. The van der Waals surface area contributed by atoms with E-state index in [2.05, 4.69) is 10.2 Å². The average Bonchev–Trinajstić information content (AvgIpc) is 2.96. The molecular formula is C17H26Cl2FN3O. The van der Waals surface area contributed by atoms with Crippen LogP contribution in [-0.4, -0.2) is 55.0 Å². The molecule has 7 heteroatoms. The molecule has 2 saturated heterocycles. The van der Waals surface area contributed by atoms with Gasteiger partial charge in [0, 0.05) is 39.3 Å². The van der Waals surface area contributed by atoms with Gasteiger partial charge in [0.15, 0.2) is 0 Å². The van der Waals surface area contributed by atoms with Crippen LogP contribution in [0.1, 0.15) is 18.4 Å². The van der Waals surface area contributed by atoms with Gasteiger partial charge >= 0.3 is 0 Å². The minimum absolute atomic E-state index is 0. The quantitative estimate of drug-likeness (QED) is 0.877. The van der Waals surface area contributed by atoms with Gasteiger partial charge in [0.1, 0.15) is 5.82 Å². The van der Waals surface area contributed by atoms with Gasteiger partial charge in [0.05, 0.1) is 5.92 Å². The summed E-state index contributed by atoms with van der Waals surface area (Å²) in [5, 5.41) is 3.27. The van der Waals surface area contributed by atoms with Crippen LogP contribution in [0.4, 0.5) is 4.39 Å². The number of halogens is 3. The third kappa shape index (κ3) is 5.59. The van der Waals surface area contributed by atoms with E-state index in [-0.39, 0.29) is 36.5 Å². The Labute approximate surface area is 155 Å². The standard InChI is InChI=1S/C17H24FN3O.2ClH/c18-16-4-2-14(3-5-16)13-20-8-1-9-21(11-10-20)17(22)15-6-7-19-12-15;;/h2-5,15,19H,1,6-13H2;2*1H. The second-order valence-electron chi connectivity index (χ2n) is 6.27. The van der Waals surface area contributed by atoms with E-state index in [1.54, 1.807) is 0 Å². The first kappa shape index (κ1) is 21.2. The molecule has 0 spiro atoms. The van der Waals surface area contributed by atoms with E-state index in [0.717, 1.165) is 64.2 Å². The smallest absolute Gasteiger partial charge is 0.227 e. The van der Waals surface area contributed by atoms with E-state index in [1.165, 1.54) is 12.1 Å². The molecule has 1 aromatic carbocycles. The summed E-state index contributed by atoms with van der Waals surface area (Å²) >= 11 is 0. The van der Waals surface area contributed by atoms with Crippen LogP contribution in [0.25, 0.3) is 0 Å². The number of rotatable bonds is 3. The second kappa shape index (κ2) is 10.2. The third-order valence-electron chi connectivity index (χ3n) is 4.63. The summed E-state index contributed by atoms with van der Waals surface area (Å²) in [6.07, 6.45) is 1.97. The van der Waals surface area contributed by atoms with E-state index in [4.69, 9.17) is 0 Å². The normalized spacial score (nSPS) is 21.5. The summed E-state index contributed by atoms with van der Waals surface area (Å²) in [6, 6.07) is 6.70. The van der Waals surface area contributed by atoms with Crippen molar-refractivity contribution in [3.63, 3.8) is 0 Å². The van der Waals surface area contributed by atoms with E-state index < -0.39 is 0 Å². The molecule has 2 aliphatic rings. The Bertz CT molecular complexity index is 509. The van der Waals surface area contributed by atoms with Crippen LogP contribution in [0.15, 0.2) is 24.3 Å². The zero-order chi connectivity index (χ0) is 15.4. The first-order chi connectivity index (χ1) is 10.7. The fourth-order valence-corrected chi connectivity index (χ4v) is 3.32. The molecule has 0 saturated carbocycles. The molecule has 1 aromatic rings. The Balaban J connectivity index is 0.00000144. The lowest BCUT2D eigenvalue weighted by molar-refractivity contribution is -0.134. The molecule has 0 bridgehead atoms. The number of carbonyl (C=O) groups is 1. The van der Waals surface area contributed by atoms with Crippen molar-refractivity contribution in [2.24, 2.45) is 5.92 Å². The van der Waals surface area contributed by atoms with Gasteiger partial charge in [-0.15, -0.1) is 24.8 Å². The molecule has 1 amide bonds. The maximum atomic E-state index is 13.0. The van der Waals surface area contributed by atoms with E-state index in [0.29, 0.717) is 5.91 Å². The van der Waals surface area contributed by atoms with Crippen molar-refractivity contribution >= 4 is 30.7 Å². The summed E-state index contributed by atoms with van der Waals surface area (Å²) in [4.78, 5) is 16.9. The molecule has 136 valence electrons. The van der Waals surface area contributed by atoms with E-state index in [1.807, 2.05) is 17.0 Å². The minimum atomic E-state index is -0.193. The van der Waals surface area contributed by atoms with Gasteiger partial charge in [0.2, 0.25) is 5.91 Å². The highest BCUT2D eigenvalue weighted by atomic mass is 35.5. The SMILES string of the molecule is Cl.Cl.O=C(C1CCNC1)N1CCCN(Cc2ccc(F)cc2)CC1. The monoisotopic (exact) mass is 377 g/mol. The Hall–Kier alpha value is -0.880. The summed E-state index contributed by atoms with van der Waals surface area (Å²) in [6.45, 7) is 6.15. The number of amides is 1. The van der Waals surface area contributed by atoms with Crippen LogP contribution in [0, 0.1) is 11.7 Å². The van der Waals surface area contributed by atoms with Crippen molar-refractivity contribution < 1.29 is 9.18 Å². The minimum Gasteiger partial charge on any atom is -0.341 e. The van der Waals surface area contributed by atoms with Crippen molar-refractivity contribution in [2.75, 3.05) is 39.3 Å². The lowest BCUT2D eigenvalue weighted by Gasteiger charge is -2.24. The fourth-order valence-electron chi connectivity index (χ4n) is 3.32. The number of hydrogen-bond acceptors (Lipinski definition) is 3. The molecule has 0 aliphatic carbocycles. The largest absolute Gasteiger partial charge is 0.341 e. The van der Waals surface area contributed by atoms with Crippen molar-refractivity contribution in [3.8, 4) is 0 Å². The molecule has 2 fully saturated rings. The molecule has 0 radical (unpaired) electrons. The van der Waals surface area contributed by atoms with Gasteiger partial charge in [-0.05, 0) is 37.1 Å². The van der Waals surface area contributed by atoms with Crippen molar-refractivity contribution in [3.05, 3.63) is 35.6 Å². The van der Waals surface area contributed by atoms with Crippen LogP contribution in [0.5, 0.6) is 0 Å². The molecule has 1 N–H and O–H groups in total. The van der Waals surface area contributed by atoms with Gasteiger partial charge in [-0.1, -0.05) is 12.1 Å². The number of benzene rings is 1. The van der Waals surface area contributed by atoms with Crippen molar-refractivity contribution in [2.45, 2.75) is 19.4 Å². The number of hydrogen-bond donors (Lipinski definition) is 1. The zero-order valence-corrected chi connectivity index (χ0v) is 15.4. The highest BCUT2D eigenvalue weighted by Gasteiger charge is 2.28. The predicted octanol–water partition coefficient (Wildman–Crippen LogP) is 2.31. The number of carbonyl (C=O) groups excluding carboxylic acids is 1.